The van der Waals surface area contributed by atoms with Crippen LogP contribution in [0.25, 0.3) is 11.1 Å². The van der Waals surface area contributed by atoms with Crippen LogP contribution in [0.2, 0.25) is 0 Å². The molecule has 0 aromatic heterocycles. The minimum absolute atomic E-state index is 0.0411. The number of aryl methyl sites for hydroxylation is 1. The van der Waals surface area contributed by atoms with E-state index in [-0.39, 0.29) is 6.42 Å². The van der Waals surface area contributed by atoms with Crippen LogP contribution in [0.3, 0.4) is 0 Å². The lowest BCUT2D eigenvalue weighted by molar-refractivity contribution is -0.145. The second-order valence-corrected chi connectivity index (χ2v) is 8.75. The number of hydrogen-bond donors (Lipinski definition) is 1. The summed E-state index contributed by atoms with van der Waals surface area (Å²) in [6.45, 7) is 2.89. The lowest BCUT2D eigenvalue weighted by Gasteiger charge is -2.28. The lowest BCUT2D eigenvalue weighted by Crippen LogP contribution is -2.36. The van der Waals surface area contributed by atoms with E-state index in [1.54, 1.807) is 0 Å². The number of aldehydes is 1. The van der Waals surface area contributed by atoms with Crippen molar-refractivity contribution in [3.05, 3.63) is 90.0 Å². The molecule has 0 aliphatic heterocycles. The van der Waals surface area contributed by atoms with Gasteiger partial charge in [0.2, 0.25) is 0 Å². The zero-order valence-electron chi connectivity index (χ0n) is 19.9. The Morgan fingerprint density at radius 1 is 0.882 bits per heavy atom. The number of carbonyl (C=O) groups excluding carboxylic acids is 1. The monoisotopic (exact) mass is 458 g/mol. The van der Waals surface area contributed by atoms with Gasteiger partial charge in [-0.2, -0.15) is 0 Å². The minimum atomic E-state index is -1.22. The van der Waals surface area contributed by atoms with Crippen LogP contribution in [0.4, 0.5) is 0 Å². The van der Waals surface area contributed by atoms with Crippen molar-refractivity contribution < 1.29 is 19.4 Å². The molecular formula is C30H34O4. The number of ether oxygens (including phenoxy) is 1. The predicted molar refractivity (Wildman–Crippen MR) is 136 cm³/mol. The van der Waals surface area contributed by atoms with Gasteiger partial charge in [0.1, 0.15) is 12.0 Å². The van der Waals surface area contributed by atoms with Crippen molar-refractivity contribution in [1.82, 2.24) is 0 Å². The van der Waals surface area contributed by atoms with Gasteiger partial charge < -0.3 is 14.6 Å². The Morgan fingerprint density at radius 2 is 1.53 bits per heavy atom. The van der Waals surface area contributed by atoms with E-state index < -0.39 is 11.4 Å². The van der Waals surface area contributed by atoms with Gasteiger partial charge in [-0.15, -0.1) is 0 Å². The summed E-state index contributed by atoms with van der Waals surface area (Å²) in [5.74, 6) is -0.101. The summed E-state index contributed by atoms with van der Waals surface area (Å²) in [5.41, 5.74) is 2.65. The number of carbonyl (C=O) groups is 2. The largest absolute Gasteiger partial charge is 0.494 e. The molecule has 34 heavy (non-hydrogen) atoms. The highest BCUT2D eigenvalue weighted by Gasteiger charge is 2.39. The molecule has 0 spiro atoms. The smallest absolute Gasteiger partial charge is 0.314 e. The third-order valence-electron chi connectivity index (χ3n) is 6.39. The predicted octanol–water partition coefficient (Wildman–Crippen LogP) is 6.86. The standard InChI is InChI=1S/C30H34O4/c1-2-3-7-23-34-28-18-14-26(15-19-28)25-12-16-27(17-13-25)30(21-22-31,29(32)33)20-8-11-24-9-5-4-6-10-24/h4-6,9-10,12-19,22H,2-3,7-8,11,20-21,23H2,1H3,(H,32,33)/t30-/m0/s1. The Kier molecular flexibility index (Phi) is 9.45. The van der Waals surface area contributed by atoms with Crippen LogP contribution in [0, 0.1) is 0 Å². The van der Waals surface area contributed by atoms with E-state index in [1.165, 1.54) is 18.4 Å². The maximum absolute atomic E-state index is 12.4. The van der Waals surface area contributed by atoms with Gasteiger partial charge in [0.05, 0.1) is 12.0 Å². The van der Waals surface area contributed by atoms with E-state index in [0.29, 0.717) is 18.4 Å². The first-order chi connectivity index (χ1) is 16.6. The molecule has 0 aliphatic carbocycles. The normalized spacial score (nSPS) is 12.6. The van der Waals surface area contributed by atoms with Crippen molar-refractivity contribution in [1.29, 1.82) is 0 Å². The van der Waals surface area contributed by atoms with Crippen LogP contribution in [0.5, 0.6) is 5.75 Å². The molecule has 0 heterocycles. The van der Waals surface area contributed by atoms with Gasteiger partial charge in [0, 0.05) is 6.42 Å². The average molecular weight is 459 g/mol. The maximum Gasteiger partial charge on any atom is 0.314 e. The Hall–Kier alpha value is -3.40. The van der Waals surface area contributed by atoms with Gasteiger partial charge in [0.25, 0.3) is 0 Å². The van der Waals surface area contributed by atoms with Crippen molar-refractivity contribution in [3.8, 4) is 16.9 Å². The number of benzene rings is 3. The van der Waals surface area contributed by atoms with E-state index in [4.69, 9.17) is 4.74 Å². The number of unbranched alkanes of at least 4 members (excludes halogenated alkanes) is 2. The van der Waals surface area contributed by atoms with Crippen LogP contribution >= 0.6 is 0 Å². The van der Waals surface area contributed by atoms with Gasteiger partial charge in [0.15, 0.2) is 0 Å². The third-order valence-corrected chi connectivity index (χ3v) is 6.39. The zero-order chi connectivity index (χ0) is 24.2. The molecule has 0 fully saturated rings. The lowest BCUT2D eigenvalue weighted by atomic mass is 9.73. The highest BCUT2D eigenvalue weighted by molar-refractivity contribution is 5.85. The summed E-state index contributed by atoms with van der Waals surface area (Å²) in [7, 11) is 0. The van der Waals surface area contributed by atoms with Gasteiger partial charge in [-0.05, 0) is 60.1 Å². The number of carboxylic acids is 1. The van der Waals surface area contributed by atoms with Gasteiger partial charge in [-0.25, -0.2) is 0 Å². The molecule has 0 bridgehead atoms. The molecule has 178 valence electrons. The summed E-state index contributed by atoms with van der Waals surface area (Å²) in [4.78, 5) is 23.9. The molecule has 0 unspecified atom stereocenters. The molecular weight excluding hydrogens is 424 g/mol. The van der Waals surface area contributed by atoms with E-state index >= 15 is 0 Å². The number of aliphatic carboxylic acids is 1. The van der Waals surface area contributed by atoms with Crippen molar-refractivity contribution in [2.24, 2.45) is 0 Å². The van der Waals surface area contributed by atoms with Crippen molar-refractivity contribution in [2.45, 2.75) is 57.3 Å². The summed E-state index contributed by atoms with van der Waals surface area (Å²) in [5, 5.41) is 10.2. The van der Waals surface area contributed by atoms with Crippen LogP contribution in [0.1, 0.15) is 56.6 Å². The third kappa shape index (κ3) is 6.57. The fraction of sp³-hybridized carbons (Fsp3) is 0.333. The molecule has 0 saturated heterocycles. The van der Waals surface area contributed by atoms with Gasteiger partial charge >= 0.3 is 5.97 Å². The van der Waals surface area contributed by atoms with E-state index in [9.17, 15) is 14.7 Å². The van der Waals surface area contributed by atoms with Crippen LogP contribution < -0.4 is 4.74 Å². The molecule has 3 aromatic rings. The summed E-state index contributed by atoms with van der Waals surface area (Å²) < 4.78 is 5.79. The maximum atomic E-state index is 12.4. The number of carboxylic acid groups (broad SMARTS) is 1. The Bertz CT molecular complexity index is 1030. The van der Waals surface area contributed by atoms with Crippen molar-refractivity contribution in [3.63, 3.8) is 0 Å². The first-order valence-corrected chi connectivity index (χ1v) is 12.1. The quantitative estimate of drug-likeness (QED) is 0.212. The van der Waals surface area contributed by atoms with Crippen molar-refractivity contribution in [2.75, 3.05) is 6.61 Å². The highest BCUT2D eigenvalue weighted by Crippen LogP contribution is 2.35. The summed E-state index contributed by atoms with van der Waals surface area (Å²) in [6.07, 6.45) is 5.94. The van der Waals surface area contributed by atoms with Crippen LogP contribution in [0.15, 0.2) is 78.9 Å². The molecule has 0 radical (unpaired) electrons. The highest BCUT2D eigenvalue weighted by atomic mass is 16.5. The Morgan fingerprint density at radius 3 is 2.12 bits per heavy atom. The molecule has 0 aliphatic rings. The fourth-order valence-corrected chi connectivity index (χ4v) is 4.33. The molecule has 1 N–H and O–H groups in total. The molecule has 4 nitrogen and oxygen atoms in total. The van der Waals surface area contributed by atoms with Gasteiger partial charge in [-0.3, -0.25) is 4.79 Å². The van der Waals surface area contributed by atoms with E-state index in [1.807, 2.05) is 78.9 Å². The Balaban J connectivity index is 1.72. The topological polar surface area (TPSA) is 63.6 Å². The van der Waals surface area contributed by atoms with Gasteiger partial charge in [-0.1, -0.05) is 86.5 Å². The molecule has 4 heteroatoms. The second kappa shape index (κ2) is 12.7. The molecule has 0 saturated carbocycles. The average Bonchev–Trinajstić information content (AvgIpc) is 2.87. The zero-order valence-corrected chi connectivity index (χ0v) is 19.9. The fourth-order valence-electron chi connectivity index (χ4n) is 4.33. The SMILES string of the molecule is CCCCCOc1ccc(-c2ccc([C@@](CC=O)(CCCc3ccccc3)C(=O)O)cc2)cc1. The second-order valence-electron chi connectivity index (χ2n) is 8.75. The number of hydrogen-bond acceptors (Lipinski definition) is 3. The summed E-state index contributed by atoms with van der Waals surface area (Å²) >= 11 is 0. The molecule has 3 aromatic carbocycles. The Labute approximate surface area is 202 Å². The molecule has 3 rings (SSSR count). The van der Waals surface area contributed by atoms with Crippen LogP contribution in [-0.4, -0.2) is 24.0 Å². The summed E-state index contributed by atoms with van der Waals surface area (Å²) in [6, 6.07) is 25.5. The first-order valence-electron chi connectivity index (χ1n) is 12.1. The first kappa shape index (κ1) is 25.2. The minimum Gasteiger partial charge on any atom is -0.494 e. The van der Waals surface area contributed by atoms with Crippen LogP contribution in [-0.2, 0) is 21.4 Å². The van der Waals surface area contributed by atoms with E-state index in [0.717, 1.165) is 42.6 Å². The van der Waals surface area contributed by atoms with E-state index in [2.05, 4.69) is 6.92 Å². The van der Waals surface area contributed by atoms with Crippen molar-refractivity contribution >= 4 is 12.3 Å². The molecule has 1 atom stereocenters. The number of rotatable bonds is 14. The molecule has 0 amide bonds.